The summed E-state index contributed by atoms with van der Waals surface area (Å²) >= 11 is -0.957. The van der Waals surface area contributed by atoms with Gasteiger partial charge in [-0.15, -0.1) is 0 Å². The first-order chi connectivity index (χ1) is 10.4. The predicted octanol–water partition coefficient (Wildman–Crippen LogP) is 3.50. The monoisotopic (exact) mass is 359 g/mol. The number of Topliss-reactive ketones (excluding diaryl/α,β-unsaturated/α-hetero) is 1. The number of hydrogen-bond donors (Lipinski definition) is 0. The van der Waals surface area contributed by atoms with Crippen molar-refractivity contribution in [2.75, 3.05) is 11.5 Å². The van der Waals surface area contributed by atoms with Crippen molar-refractivity contribution in [2.45, 2.75) is 46.4 Å². The molecule has 0 amide bonds. The second kappa shape index (κ2) is 7.81. The van der Waals surface area contributed by atoms with Crippen molar-refractivity contribution in [1.82, 2.24) is 0 Å². The molecule has 0 aliphatic carbocycles. The van der Waals surface area contributed by atoms with E-state index in [9.17, 15) is 13.2 Å². The molecule has 23 heavy (non-hydrogen) atoms. The normalized spacial score (nSPS) is 14.0. The Morgan fingerprint density at radius 1 is 1.17 bits per heavy atom. The molecule has 0 aliphatic heterocycles. The fraction of sp³-hybridized carbons (Fsp3) is 0.588. The lowest BCUT2D eigenvalue weighted by Gasteiger charge is -2.17. The largest absolute Gasteiger partial charge is 0.339 e. The van der Waals surface area contributed by atoms with Gasteiger partial charge in [-0.2, -0.15) is 8.42 Å². The van der Waals surface area contributed by atoms with Gasteiger partial charge in [0.25, 0.3) is 0 Å². The minimum absolute atomic E-state index is 0.0247. The summed E-state index contributed by atoms with van der Waals surface area (Å²) in [6, 6.07) is 6.54. The van der Waals surface area contributed by atoms with E-state index in [0.717, 1.165) is 5.56 Å². The average Bonchev–Trinajstić information content (AvgIpc) is 2.36. The zero-order valence-corrected chi connectivity index (χ0v) is 16.4. The molecule has 0 saturated carbocycles. The average molecular weight is 360 g/mol. The van der Waals surface area contributed by atoms with Crippen LogP contribution in [0.25, 0.3) is 0 Å². The lowest BCUT2D eigenvalue weighted by molar-refractivity contribution is -0.119. The molecule has 1 aromatic rings. The highest BCUT2D eigenvalue weighted by Gasteiger charge is 2.37. The fourth-order valence-corrected chi connectivity index (χ4v) is 5.68. The molecule has 0 saturated heterocycles. The molecule has 0 aliphatic rings. The third-order valence-electron chi connectivity index (χ3n) is 3.04. The van der Waals surface area contributed by atoms with E-state index in [2.05, 4.69) is 0 Å². The van der Waals surface area contributed by atoms with Crippen LogP contribution in [0.5, 0.6) is 0 Å². The van der Waals surface area contributed by atoms with E-state index < -0.39 is 21.3 Å². The minimum Gasteiger partial charge on any atom is -0.294 e. The summed E-state index contributed by atoms with van der Waals surface area (Å²) in [6.45, 7) is 11.5. The highest BCUT2D eigenvalue weighted by Crippen LogP contribution is 2.24. The molecule has 0 N–H and O–H groups in total. The van der Waals surface area contributed by atoms with Gasteiger partial charge in [-0.25, -0.2) is 0 Å². The molecule has 0 radical (unpaired) electrons. The van der Waals surface area contributed by atoms with E-state index in [4.69, 9.17) is 3.63 Å². The minimum atomic E-state index is -3.86. The van der Waals surface area contributed by atoms with Crippen LogP contribution in [0.2, 0.25) is 0 Å². The summed E-state index contributed by atoms with van der Waals surface area (Å²) in [6.07, 6.45) is 0. The predicted molar refractivity (Wildman–Crippen MR) is 95.8 cm³/mol. The molecular formula is C17H27O4S2+. The zero-order valence-electron chi connectivity index (χ0n) is 14.8. The van der Waals surface area contributed by atoms with Gasteiger partial charge in [-0.05, 0) is 22.7 Å². The highest BCUT2D eigenvalue weighted by atomic mass is 32.3. The van der Waals surface area contributed by atoms with Gasteiger partial charge in [0.1, 0.15) is 5.75 Å². The smallest absolute Gasteiger partial charge is 0.294 e. The van der Waals surface area contributed by atoms with Crippen LogP contribution in [-0.2, 0) is 29.7 Å². The van der Waals surface area contributed by atoms with Gasteiger partial charge in [0.15, 0.2) is 17.0 Å². The van der Waals surface area contributed by atoms with Crippen molar-refractivity contribution in [1.29, 1.82) is 0 Å². The molecule has 0 aromatic heterocycles. The number of ketones is 1. The molecule has 0 spiro atoms. The van der Waals surface area contributed by atoms with Gasteiger partial charge < -0.3 is 0 Å². The number of carbonyl (C=O) groups excluding carboxylic acids is 1. The van der Waals surface area contributed by atoms with Gasteiger partial charge in [0, 0.05) is 11.3 Å². The summed E-state index contributed by atoms with van der Waals surface area (Å²) in [5.41, 5.74) is 0.857. The number of rotatable bonds is 7. The van der Waals surface area contributed by atoms with Crippen molar-refractivity contribution >= 4 is 27.1 Å². The first-order valence-corrected chi connectivity index (χ1v) is 10.5. The third-order valence-corrected chi connectivity index (χ3v) is 7.17. The van der Waals surface area contributed by atoms with E-state index in [1.54, 1.807) is 12.1 Å². The van der Waals surface area contributed by atoms with E-state index in [0.29, 0.717) is 5.75 Å². The first kappa shape index (κ1) is 20.2. The van der Waals surface area contributed by atoms with E-state index in [1.165, 1.54) is 12.1 Å². The number of carbonyl (C=O) groups is 1. The van der Waals surface area contributed by atoms with Crippen molar-refractivity contribution in [3.05, 3.63) is 29.8 Å². The lowest BCUT2D eigenvalue weighted by Crippen LogP contribution is -2.32. The summed E-state index contributed by atoms with van der Waals surface area (Å²) in [4.78, 5) is 12.2. The Hall–Kier alpha value is -0.850. The Kier molecular flexibility index (Phi) is 6.86. The summed E-state index contributed by atoms with van der Waals surface area (Å²) in [7, 11) is -3.86. The van der Waals surface area contributed by atoms with Gasteiger partial charge >= 0.3 is 10.1 Å². The van der Waals surface area contributed by atoms with Crippen LogP contribution in [0.1, 0.15) is 40.2 Å². The Labute approximate surface area is 143 Å². The van der Waals surface area contributed by atoms with Gasteiger partial charge in [-0.3, -0.25) is 4.79 Å². The van der Waals surface area contributed by atoms with Crippen molar-refractivity contribution in [3.63, 3.8) is 0 Å². The van der Waals surface area contributed by atoms with Crippen molar-refractivity contribution in [3.8, 4) is 0 Å². The second-order valence-corrected chi connectivity index (χ2v) is 10.6. The van der Waals surface area contributed by atoms with Crippen LogP contribution >= 0.6 is 0 Å². The maximum atomic E-state index is 12.5. The van der Waals surface area contributed by atoms with Crippen molar-refractivity contribution in [2.24, 2.45) is 11.3 Å². The Bertz CT molecular complexity index is 626. The molecule has 0 fully saturated rings. The topological polar surface area (TPSA) is 60.4 Å². The molecule has 0 heterocycles. The second-order valence-electron chi connectivity index (χ2n) is 7.25. The highest BCUT2D eigenvalue weighted by molar-refractivity contribution is 8.03. The Morgan fingerprint density at radius 2 is 1.70 bits per heavy atom. The summed E-state index contributed by atoms with van der Waals surface area (Å²) in [5, 5.41) is 0. The van der Waals surface area contributed by atoms with Crippen LogP contribution in [0.15, 0.2) is 29.2 Å². The van der Waals surface area contributed by atoms with Crippen LogP contribution < -0.4 is 0 Å². The molecule has 0 bridgehead atoms. The Morgan fingerprint density at radius 3 is 2.13 bits per heavy atom. The quantitative estimate of drug-likeness (QED) is 0.699. The fourth-order valence-electron chi connectivity index (χ4n) is 1.78. The van der Waals surface area contributed by atoms with Gasteiger partial charge in [-0.1, -0.05) is 52.3 Å². The van der Waals surface area contributed by atoms with Crippen LogP contribution in [-0.4, -0.2) is 25.7 Å². The van der Waals surface area contributed by atoms with Gasteiger partial charge in [0.05, 0.1) is 4.90 Å². The SMILES string of the molecule is Cc1ccc(S(=O)(=O)O[S+](CC(=O)C(C)C)CC(C)(C)C)cc1. The Balaban J connectivity index is 2.98. The number of hydrogen-bond acceptors (Lipinski definition) is 4. The van der Waals surface area contributed by atoms with Gasteiger partial charge in [0.2, 0.25) is 5.75 Å². The van der Waals surface area contributed by atoms with E-state index >= 15 is 0 Å². The number of benzene rings is 1. The van der Waals surface area contributed by atoms with Crippen LogP contribution in [0, 0.1) is 18.3 Å². The van der Waals surface area contributed by atoms with E-state index in [-0.39, 0.29) is 27.8 Å². The molecule has 6 heteroatoms. The molecule has 1 rings (SSSR count). The molecule has 1 unspecified atom stereocenters. The first-order valence-electron chi connectivity index (χ1n) is 7.62. The third kappa shape index (κ3) is 7.06. The maximum Gasteiger partial charge on any atom is 0.339 e. The molecular weight excluding hydrogens is 332 g/mol. The standard InChI is InChI=1S/C17H27O4S2/c1-13(2)16(18)11-22(12-17(4,5)6)21-23(19,20)15-9-7-14(3)8-10-15/h7-10,13H,11-12H2,1-6H3/q+1. The summed E-state index contributed by atoms with van der Waals surface area (Å²) < 4.78 is 30.4. The number of aryl methyl sites for hydroxylation is 1. The van der Waals surface area contributed by atoms with E-state index in [1.807, 2.05) is 41.5 Å². The molecule has 1 aromatic carbocycles. The van der Waals surface area contributed by atoms with Crippen LogP contribution in [0.4, 0.5) is 0 Å². The van der Waals surface area contributed by atoms with Crippen LogP contribution in [0.3, 0.4) is 0 Å². The lowest BCUT2D eigenvalue weighted by atomic mass is 10.0. The molecule has 130 valence electrons. The maximum absolute atomic E-state index is 12.5. The van der Waals surface area contributed by atoms with Crippen molar-refractivity contribution < 1.29 is 16.8 Å². The molecule has 1 atom stereocenters. The molecule has 4 nitrogen and oxygen atoms in total. The zero-order chi connectivity index (χ0) is 17.8. The summed E-state index contributed by atoms with van der Waals surface area (Å²) in [5.74, 6) is 0.559.